The van der Waals surface area contributed by atoms with Gasteiger partial charge in [-0.25, -0.2) is 9.59 Å². The van der Waals surface area contributed by atoms with E-state index in [2.05, 4.69) is 0 Å². The van der Waals surface area contributed by atoms with E-state index in [4.69, 9.17) is 14.6 Å². The number of aliphatic hydroxyl groups excluding tert-OH is 3. The van der Waals surface area contributed by atoms with Crippen LogP contribution in [0, 0.1) is 3.57 Å². The van der Waals surface area contributed by atoms with Crippen LogP contribution in [0.4, 0.5) is 0 Å². The predicted octanol–water partition coefficient (Wildman–Crippen LogP) is -0.660. The van der Waals surface area contributed by atoms with E-state index < -0.39 is 42.6 Å². The molecule has 5 atom stereocenters. The summed E-state index contributed by atoms with van der Waals surface area (Å²) in [5, 5.41) is 37.8. The third kappa shape index (κ3) is 3.38. The summed E-state index contributed by atoms with van der Waals surface area (Å²) in [6.45, 7) is 0. The summed E-state index contributed by atoms with van der Waals surface area (Å²) in [7, 11) is 0. The average Bonchev–Trinajstić information content (AvgIpc) is 2.47. The number of esters is 1. The predicted molar refractivity (Wildman–Crippen MR) is 78.9 cm³/mol. The Morgan fingerprint density at radius 3 is 2.32 bits per heavy atom. The van der Waals surface area contributed by atoms with Crippen molar-refractivity contribution in [3.63, 3.8) is 0 Å². The molecule has 1 aliphatic heterocycles. The standard InChI is InChI=1S/C13H13IO8/c14-6-4-2-1-3-5(6)12(20)22-13-9(17)7(15)8(16)10(21-13)11(18)19/h1-4,7-10,13,15-17H,(H,18,19)/t7-,8-,9+,10-,13-/m0/s1. The number of carboxylic acids is 1. The Balaban J connectivity index is 2.16. The molecule has 2 rings (SSSR count). The fraction of sp³-hybridized carbons (Fsp3) is 0.385. The number of hydrogen-bond donors (Lipinski definition) is 4. The molecule has 1 aliphatic rings. The van der Waals surface area contributed by atoms with Gasteiger partial charge in [0.25, 0.3) is 0 Å². The lowest BCUT2D eigenvalue weighted by atomic mass is 9.99. The quantitative estimate of drug-likeness (QED) is 0.372. The van der Waals surface area contributed by atoms with Gasteiger partial charge in [-0.05, 0) is 34.7 Å². The van der Waals surface area contributed by atoms with E-state index in [1.54, 1.807) is 18.2 Å². The highest BCUT2D eigenvalue weighted by Gasteiger charge is 2.48. The molecule has 4 N–H and O–H groups in total. The normalized spacial score (nSPS) is 31.5. The van der Waals surface area contributed by atoms with Crippen molar-refractivity contribution in [2.24, 2.45) is 0 Å². The fourth-order valence-corrected chi connectivity index (χ4v) is 2.55. The lowest BCUT2D eigenvalue weighted by molar-refractivity contribution is -0.278. The summed E-state index contributed by atoms with van der Waals surface area (Å²) < 4.78 is 10.4. The number of carbonyl (C=O) groups is 2. The molecule has 1 saturated heterocycles. The van der Waals surface area contributed by atoms with Crippen molar-refractivity contribution in [3.05, 3.63) is 33.4 Å². The minimum absolute atomic E-state index is 0.200. The molecule has 9 heteroatoms. The number of benzene rings is 1. The molecule has 0 bridgehead atoms. The molecule has 0 spiro atoms. The second-order valence-corrected chi connectivity index (χ2v) is 5.78. The Kier molecular flexibility index (Phi) is 5.34. The number of aliphatic carboxylic acids is 1. The van der Waals surface area contributed by atoms with Gasteiger partial charge >= 0.3 is 11.9 Å². The second kappa shape index (κ2) is 6.87. The smallest absolute Gasteiger partial charge is 0.341 e. The Hall–Kier alpha value is -1.27. The van der Waals surface area contributed by atoms with Gasteiger partial charge in [0.2, 0.25) is 6.29 Å². The Morgan fingerprint density at radius 1 is 1.09 bits per heavy atom. The number of halogens is 1. The Morgan fingerprint density at radius 2 is 1.73 bits per heavy atom. The van der Waals surface area contributed by atoms with Crippen molar-refractivity contribution >= 4 is 34.5 Å². The van der Waals surface area contributed by atoms with Gasteiger partial charge in [-0.15, -0.1) is 0 Å². The van der Waals surface area contributed by atoms with E-state index >= 15 is 0 Å². The van der Waals surface area contributed by atoms with Gasteiger partial charge in [0, 0.05) is 3.57 Å². The monoisotopic (exact) mass is 424 g/mol. The zero-order valence-electron chi connectivity index (χ0n) is 11.0. The maximum Gasteiger partial charge on any atom is 0.341 e. The summed E-state index contributed by atoms with van der Waals surface area (Å²) in [5.74, 6) is -2.39. The third-order valence-corrected chi connectivity index (χ3v) is 4.07. The fourth-order valence-electron chi connectivity index (χ4n) is 1.95. The largest absolute Gasteiger partial charge is 0.479 e. The van der Waals surface area contributed by atoms with Crippen LogP contribution in [0.2, 0.25) is 0 Å². The highest BCUT2D eigenvalue weighted by Crippen LogP contribution is 2.24. The van der Waals surface area contributed by atoms with Crippen LogP contribution in [0.3, 0.4) is 0 Å². The molecule has 1 fully saturated rings. The lowest BCUT2D eigenvalue weighted by Crippen LogP contribution is -2.60. The van der Waals surface area contributed by atoms with Crippen molar-refractivity contribution in [2.45, 2.75) is 30.7 Å². The number of rotatable bonds is 3. The van der Waals surface area contributed by atoms with Crippen LogP contribution in [-0.2, 0) is 14.3 Å². The lowest BCUT2D eigenvalue weighted by Gasteiger charge is -2.37. The molecule has 0 saturated carbocycles. The highest BCUT2D eigenvalue weighted by molar-refractivity contribution is 14.1. The van der Waals surface area contributed by atoms with Crippen LogP contribution in [0.15, 0.2) is 24.3 Å². The number of aliphatic hydroxyl groups is 3. The molecule has 1 heterocycles. The zero-order chi connectivity index (χ0) is 16.4. The summed E-state index contributed by atoms with van der Waals surface area (Å²) in [5.41, 5.74) is 0.200. The Labute approximate surface area is 138 Å². The van der Waals surface area contributed by atoms with E-state index in [1.165, 1.54) is 6.07 Å². The highest BCUT2D eigenvalue weighted by atomic mass is 127. The van der Waals surface area contributed by atoms with Crippen molar-refractivity contribution < 1.29 is 39.5 Å². The van der Waals surface area contributed by atoms with Crippen molar-refractivity contribution in [1.82, 2.24) is 0 Å². The molecule has 1 aromatic rings. The minimum Gasteiger partial charge on any atom is -0.479 e. The Bertz CT molecular complexity index is 577. The first kappa shape index (κ1) is 17.1. The molecule has 1 aromatic carbocycles. The first-order valence-electron chi connectivity index (χ1n) is 6.21. The van der Waals surface area contributed by atoms with Crippen LogP contribution >= 0.6 is 22.6 Å². The molecular weight excluding hydrogens is 411 g/mol. The maximum absolute atomic E-state index is 12.0. The number of carboxylic acid groups (broad SMARTS) is 1. The van der Waals surface area contributed by atoms with E-state index in [0.717, 1.165) is 0 Å². The van der Waals surface area contributed by atoms with Gasteiger partial charge in [-0.1, -0.05) is 12.1 Å². The van der Waals surface area contributed by atoms with Crippen LogP contribution in [0.25, 0.3) is 0 Å². The second-order valence-electron chi connectivity index (χ2n) is 4.62. The molecule has 0 aliphatic carbocycles. The van der Waals surface area contributed by atoms with E-state index in [0.29, 0.717) is 3.57 Å². The zero-order valence-corrected chi connectivity index (χ0v) is 13.2. The van der Waals surface area contributed by atoms with Crippen LogP contribution in [-0.4, -0.2) is 63.1 Å². The van der Waals surface area contributed by atoms with Gasteiger partial charge in [-0.3, -0.25) is 0 Å². The molecule has 0 radical (unpaired) electrons. The van der Waals surface area contributed by atoms with Gasteiger partial charge < -0.3 is 29.9 Å². The van der Waals surface area contributed by atoms with Gasteiger partial charge in [0.1, 0.15) is 18.3 Å². The van der Waals surface area contributed by atoms with Crippen molar-refractivity contribution in [2.75, 3.05) is 0 Å². The number of carbonyl (C=O) groups excluding carboxylic acids is 1. The first-order chi connectivity index (χ1) is 10.3. The first-order valence-corrected chi connectivity index (χ1v) is 7.28. The molecule has 0 aromatic heterocycles. The van der Waals surface area contributed by atoms with Crippen molar-refractivity contribution in [3.8, 4) is 0 Å². The summed E-state index contributed by atoms with van der Waals surface area (Å²) >= 11 is 1.91. The molecule has 8 nitrogen and oxygen atoms in total. The third-order valence-electron chi connectivity index (χ3n) is 3.13. The molecule has 0 amide bonds. The van der Waals surface area contributed by atoms with Crippen LogP contribution in [0.1, 0.15) is 10.4 Å². The summed E-state index contributed by atoms with van der Waals surface area (Å²) in [6.07, 6.45) is -8.94. The van der Waals surface area contributed by atoms with Crippen LogP contribution in [0.5, 0.6) is 0 Å². The molecule has 120 valence electrons. The molecule has 22 heavy (non-hydrogen) atoms. The SMILES string of the molecule is O=C(O[C@@H]1O[C@H](C(=O)O)[C@@H](O)[C@H](O)[C@H]1O)c1ccccc1I. The minimum atomic E-state index is -1.83. The van der Waals surface area contributed by atoms with Crippen LogP contribution < -0.4 is 0 Å². The maximum atomic E-state index is 12.0. The van der Waals surface area contributed by atoms with E-state index in [9.17, 15) is 24.9 Å². The van der Waals surface area contributed by atoms with Gasteiger partial charge in [0.05, 0.1) is 5.56 Å². The van der Waals surface area contributed by atoms with Crippen molar-refractivity contribution in [1.29, 1.82) is 0 Å². The van der Waals surface area contributed by atoms with E-state index in [-0.39, 0.29) is 5.56 Å². The van der Waals surface area contributed by atoms with E-state index in [1.807, 2.05) is 22.6 Å². The average molecular weight is 424 g/mol. The molecule has 0 unspecified atom stereocenters. The van der Waals surface area contributed by atoms with Gasteiger partial charge in [-0.2, -0.15) is 0 Å². The summed E-state index contributed by atoms with van der Waals surface area (Å²) in [4.78, 5) is 23.0. The van der Waals surface area contributed by atoms with Gasteiger partial charge in [0.15, 0.2) is 6.10 Å². The summed E-state index contributed by atoms with van der Waals surface area (Å²) in [6, 6.07) is 6.47. The number of hydrogen-bond acceptors (Lipinski definition) is 7. The molecular formula is C13H13IO8. The number of ether oxygens (including phenoxy) is 2. The topological polar surface area (TPSA) is 134 Å².